The van der Waals surface area contributed by atoms with Crippen molar-refractivity contribution >= 4 is 0 Å². The van der Waals surface area contributed by atoms with Crippen molar-refractivity contribution in [3.63, 3.8) is 0 Å². The smallest absolute Gasteiger partial charge is 0.00221 e. The third-order valence-corrected chi connectivity index (χ3v) is 2.98. The Morgan fingerprint density at radius 2 is 1.86 bits per heavy atom. The Kier molecular flexibility index (Phi) is 2.87. The Morgan fingerprint density at radius 3 is 2.43 bits per heavy atom. The topological polar surface area (TPSA) is 3.24 Å². The molecule has 0 bridgehead atoms. The van der Waals surface area contributed by atoms with Gasteiger partial charge in [0.05, 0.1) is 0 Å². The maximum Gasteiger partial charge on any atom is 0.00221 e. The first kappa shape index (κ1) is 9.72. The van der Waals surface area contributed by atoms with E-state index in [2.05, 4.69) is 43.0 Å². The van der Waals surface area contributed by atoms with E-state index in [0.717, 1.165) is 5.92 Å². The minimum absolute atomic E-state index is 0.924. The lowest BCUT2D eigenvalue weighted by Gasteiger charge is -2.37. The number of benzene rings is 1. The lowest BCUT2D eigenvalue weighted by molar-refractivity contribution is 0.115. The minimum Gasteiger partial charge on any atom is -0.302 e. The first-order valence-corrected chi connectivity index (χ1v) is 5.52. The quantitative estimate of drug-likeness (QED) is 0.706. The van der Waals surface area contributed by atoms with E-state index in [1.807, 2.05) is 0 Å². The standard InChI is InChI=1S/C13H19N/c1-11-3-5-13(6-4-11)7-8-14-9-12(2)10-14/h3-6,12H,7-10H2,1-2H3. The van der Waals surface area contributed by atoms with E-state index >= 15 is 0 Å². The van der Waals surface area contributed by atoms with Crippen LogP contribution in [0.3, 0.4) is 0 Å². The highest BCUT2D eigenvalue weighted by Gasteiger charge is 2.21. The van der Waals surface area contributed by atoms with Gasteiger partial charge in [-0.3, -0.25) is 0 Å². The summed E-state index contributed by atoms with van der Waals surface area (Å²) < 4.78 is 0. The predicted molar refractivity (Wildman–Crippen MR) is 60.5 cm³/mol. The number of hydrogen-bond donors (Lipinski definition) is 0. The van der Waals surface area contributed by atoms with E-state index in [1.165, 1.54) is 37.2 Å². The molecule has 1 aromatic rings. The summed E-state index contributed by atoms with van der Waals surface area (Å²) >= 11 is 0. The van der Waals surface area contributed by atoms with E-state index in [9.17, 15) is 0 Å². The molecule has 1 saturated heterocycles. The average molecular weight is 189 g/mol. The summed E-state index contributed by atoms with van der Waals surface area (Å²) in [7, 11) is 0. The van der Waals surface area contributed by atoms with Gasteiger partial charge < -0.3 is 4.90 Å². The Bertz CT molecular complexity index is 283. The predicted octanol–water partition coefficient (Wildman–Crippen LogP) is 2.49. The van der Waals surface area contributed by atoms with Gasteiger partial charge in [0, 0.05) is 19.6 Å². The van der Waals surface area contributed by atoms with Gasteiger partial charge in [0.1, 0.15) is 0 Å². The molecule has 1 aliphatic heterocycles. The Balaban J connectivity index is 1.78. The molecule has 1 heteroatoms. The van der Waals surface area contributed by atoms with Gasteiger partial charge in [0.25, 0.3) is 0 Å². The second-order valence-electron chi connectivity index (χ2n) is 4.60. The number of aryl methyl sites for hydroxylation is 1. The van der Waals surface area contributed by atoms with Crippen molar-refractivity contribution < 1.29 is 0 Å². The summed E-state index contributed by atoms with van der Waals surface area (Å²) in [6.45, 7) is 8.29. The SMILES string of the molecule is Cc1ccc(CCN2CC(C)C2)cc1. The fourth-order valence-corrected chi connectivity index (χ4v) is 2.05. The number of likely N-dealkylation sites (tertiary alicyclic amines) is 1. The molecule has 0 atom stereocenters. The molecular weight excluding hydrogens is 170 g/mol. The highest BCUT2D eigenvalue weighted by atomic mass is 15.2. The van der Waals surface area contributed by atoms with Gasteiger partial charge in [-0.05, 0) is 24.8 Å². The van der Waals surface area contributed by atoms with Crippen LogP contribution in [0, 0.1) is 12.8 Å². The molecule has 1 fully saturated rings. The fraction of sp³-hybridized carbons (Fsp3) is 0.538. The van der Waals surface area contributed by atoms with E-state index in [-0.39, 0.29) is 0 Å². The van der Waals surface area contributed by atoms with Crippen molar-refractivity contribution in [1.82, 2.24) is 4.90 Å². The van der Waals surface area contributed by atoms with Gasteiger partial charge >= 0.3 is 0 Å². The highest BCUT2D eigenvalue weighted by Crippen LogP contribution is 2.14. The molecular formula is C13H19N. The number of rotatable bonds is 3. The monoisotopic (exact) mass is 189 g/mol. The summed E-state index contributed by atoms with van der Waals surface area (Å²) in [6.07, 6.45) is 1.20. The molecule has 0 unspecified atom stereocenters. The maximum atomic E-state index is 2.53. The molecule has 0 N–H and O–H groups in total. The molecule has 0 aromatic heterocycles. The molecule has 0 amide bonds. The van der Waals surface area contributed by atoms with Crippen LogP contribution in [0.5, 0.6) is 0 Å². The van der Waals surface area contributed by atoms with Crippen molar-refractivity contribution in [2.75, 3.05) is 19.6 Å². The Hall–Kier alpha value is -0.820. The van der Waals surface area contributed by atoms with Gasteiger partial charge in [-0.1, -0.05) is 36.8 Å². The van der Waals surface area contributed by atoms with Crippen molar-refractivity contribution in [2.24, 2.45) is 5.92 Å². The second-order valence-corrected chi connectivity index (χ2v) is 4.60. The van der Waals surface area contributed by atoms with Gasteiger partial charge in [0.2, 0.25) is 0 Å². The van der Waals surface area contributed by atoms with Crippen molar-refractivity contribution in [3.05, 3.63) is 35.4 Å². The zero-order valence-corrected chi connectivity index (χ0v) is 9.16. The summed E-state index contributed by atoms with van der Waals surface area (Å²) in [5.41, 5.74) is 2.82. The van der Waals surface area contributed by atoms with Crippen molar-refractivity contribution in [3.8, 4) is 0 Å². The lowest BCUT2D eigenvalue weighted by atomic mass is 10.0. The Labute approximate surface area is 86.7 Å². The van der Waals surface area contributed by atoms with Crippen LogP contribution < -0.4 is 0 Å². The molecule has 2 rings (SSSR count). The zero-order chi connectivity index (χ0) is 9.97. The molecule has 0 radical (unpaired) electrons. The van der Waals surface area contributed by atoms with Gasteiger partial charge in [-0.15, -0.1) is 0 Å². The van der Waals surface area contributed by atoms with E-state index in [4.69, 9.17) is 0 Å². The first-order chi connectivity index (χ1) is 6.74. The maximum absolute atomic E-state index is 2.53. The molecule has 76 valence electrons. The van der Waals surface area contributed by atoms with Crippen LogP contribution in [0.1, 0.15) is 18.1 Å². The molecule has 14 heavy (non-hydrogen) atoms. The number of nitrogens with zero attached hydrogens (tertiary/aromatic N) is 1. The minimum atomic E-state index is 0.924. The third kappa shape index (κ3) is 2.36. The van der Waals surface area contributed by atoms with Crippen LogP contribution in [0.25, 0.3) is 0 Å². The van der Waals surface area contributed by atoms with Crippen LogP contribution in [0.15, 0.2) is 24.3 Å². The van der Waals surface area contributed by atoms with E-state index in [1.54, 1.807) is 0 Å². The highest BCUT2D eigenvalue weighted by molar-refractivity contribution is 5.21. The van der Waals surface area contributed by atoms with E-state index < -0.39 is 0 Å². The summed E-state index contributed by atoms with van der Waals surface area (Å²) in [5, 5.41) is 0. The summed E-state index contributed by atoms with van der Waals surface area (Å²) in [6, 6.07) is 8.90. The van der Waals surface area contributed by atoms with Crippen molar-refractivity contribution in [2.45, 2.75) is 20.3 Å². The normalized spacial score (nSPS) is 18.1. The average Bonchev–Trinajstić information content (AvgIpc) is 2.13. The van der Waals surface area contributed by atoms with E-state index in [0.29, 0.717) is 0 Å². The summed E-state index contributed by atoms with van der Waals surface area (Å²) in [4.78, 5) is 2.53. The van der Waals surface area contributed by atoms with Crippen LogP contribution in [0.2, 0.25) is 0 Å². The van der Waals surface area contributed by atoms with Gasteiger partial charge in [-0.25, -0.2) is 0 Å². The fourth-order valence-electron chi connectivity index (χ4n) is 2.05. The van der Waals surface area contributed by atoms with Crippen LogP contribution in [-0.4, -0.2) is 24.5 Å². The van der Waals surface area contributed by atoms with Gasteiger partial charge in [-0.2, -0.15) is 0 Å². The summed E-state index contributed by atoms with van der Waals surface area (Å²) in [5.74, 6) is 0.924. The second kappa shape index (κ2) is 4.14. The molecule has 1 heterocycles. The molecule has 0 saturated carbocycles. The first-order valence-electron chi connectivity index (χ1n) is 5.52. The van der Waals surface area contributed by atoms with Crippen LogP contribution in [0.4, 0.5) is 0 Å². The zero-order valence-electron chi connectivity index (χ0n) is 9.16. The molecule has 1 aliphatic rings. The molecule has 1 aromatic carbocycles. The van der Waals surface area contributed by atoms with Gasteiger partial charge in [0.15, 0.2) is 0 Å². The van der Waals surface area contributed by atoms with Crippen LogP contribution >= 0.6 is 0 Å². The lowest BCUT2D eigenvalue weighted by Crippen LogP contribution is -2.45. The molecule has 0 aliphatic carbocycles. The molecule has 1 nitrogen and oxygen atoms in total. The Morgan fingerprint density at radius 1 is 1.21 bits per heavy atom. The third-order valence-electron chi connectivity index (χ3n) is 2.98. The molecule has 0 spiro atoms. The van der Waals surface area contributed by atoms with Crippen LogP contribution in [-0.2, 0) is 6.42 Å². The number of hydrogen-bond acceptors (Lipinski definition) is 1. The van der Waals surface area contributed by atoms with Crippen molar-refractivity contribution in [1.29, 1.82) is 0 Å². The largest absolute Gasteiger partial charge is 0.302 e.